The average molecular weight is 432 g/mol. The molecule has 0 saturated carbocycles. The molecule has 1 aliphatic rings. The Hall–Kier alpha value is -3.32. The average Bonchev–Trinajstić information content (AvgIpc) is 3.32. The summed E-state index contributed by atoms with van der Waals surface area (Å²) in [7, 11) is 0. The first-order valence-corrected chi connectivity index (χ1v) is 11.2. The quantitative estimate of drug-likeness (QED) is 0.356. The lowest BCUT2D eigenvalue weighted by Gasteiger charge is -2.28. The predicted molar refractivity (Wildman–Crippen MR) is 120 cm³/mol. The van der Waals surface area contributed by atoms with Gasteiger partial charge in [-0.05, 0) is 41.8 Å². The van der Waals surface area contributed by atoms with E-state index in [1.807, 2.05) is 41.3 Å². The van der Waals surface area contributed by atoms with Crippen LogP contribution < -0.4 is 5.56 Å². The summed E-state index contributed by atoms with van der Waals surface area (Å²) < 4.78 is 7.03. The van der Waals surface area contributed by atoms with Crippen LogP contribution in [0.2, 0.25) is 0 Å². The molecule has 0 unspecified atom stereocenters. The van der Waals surface area contributed by atoms with Crippen LogP contribution in [-0.2, 0) is 24.3 Å². The Labute approximate surface area is 183 Å². The summed E-state index contributed by atoms with van der Waals surface area (Å²) >= 11 is 1.30. The van der Waals surface area contributed by atoms with E-state index in [1.165, 1.54) is 22.9 Å². The fraction of sp³-hybridized carbons (Fsp3) is 0.208. The Morgan fingerprint density at radius 3 is 2.68 bits per heavy atom. The molecule has 2 aromatic heterocycles. The fourth-order valence-corrected chi connectivity index (χ4v) is 4.78. The van der Waals surface area contributed by atoms with Crippen molar-refractivity contribution >= 4 is 28.6 Å². The van der Waals surface area contributed by atoms with Crippen molar-refractivity contribution in [2.75, 3.05) is 12.3 Å². The van der Waals surface area contributed by atoms with Gasteiger partial charge in [0.2, 0.25) is 5.91 Å². The largest absolute Gasteiger partial charge is 0.467 e. The zero-order chi connectivity index (χ0) is 21.2. The van der Waals surface area contributed by atoms with Gasteiger partial charge in [-0.2, -0.15) is 0 Å². The van der Waals surface area contributed by atoms with Gasteiger partial charge in [0.1, 0.15) is 5.76 Å². The molecule has 1 aliphatic heterocycles. The van der Waals surface area contributed by atoms with Crippen molar-refractivity contribution in [1.82, 2.24) is 14.5 Å². The van der Waals surface area contributed by atoms with Crippen LogP contribution in [0.5, 0.6) is 0 Å². The molecule has 0 aliphatic carbocycles. The second kappa shape index (κ2) is 8.43. The molecule has 3 heterocycles. The van der Waals surface area contributed by atoms with Crippen LogP contribution in [0.15, 0.2) is 81.3 Å². The summed E-state index contributed by atoms with van der Waals surface area (Å²) in [6.07, 6.45) is 2.45. The van der Waals surface area contributed by atoms with E-state index in [0.29, 0.717) is 34.9 Å². The lowest BCUT2D eigenvalue weighted by atomic mass is 10.00. The fourth-order valence-electron chi connectivity index (χ4n) is 3.88. The summed E-state index contributed by atoms with van der Waals surface area (Å²) in [6.45, 7) is 1.61. The number of nitrogens with zero attached hydrogens (tertiary/aromatic N) is 3. The maximum absolute atomic E-state index is 13.1. The van der Waals surface area contributed by atoms with Gasteiger partial charge in [-0.1, -0.05) is 48.2 Å². The molecule has 1 amide bonds. The first-order chi connectivity index (χ1) is 15.2. The minimum Gasteiger partial charge on any atom is -0.467 e. The third kappa shape index (κ3) is 4.01. The Bertz CT molecular complexity index is 1300. The maximum atomic E-state index is 13.1. The number of carbonyl (C=O) groups excluding carboxylic acids is 1. The van der Waals surface area contributed by atoms with Crippen molar-refractivity contribution < 1.29 is 9.21 Å². The molecule has 2 aromatic carbocycles. The highest BCUT2D eigenvalue weighted by molar-refractivity contribution is 7.99. The molecule has 0 fully saturated rings. The van der Waals surface area contributed by atoms with E-state index < -0.39 is 0 Å². The summed E-state index contributed by atoms with van der Waals surface area (Å²) in [4.78, 5) is 32.6. The van der Waals surface area contributed by atoms with Gasteiger partial charge in [0.15, 0.2) is 5.16 Å². The van der Waals surface area contributed by atoms with Crippen LogP contribution in [-0.4, -0.2) is 32.7 Å². The lowest BCUT2D eigenvalue weighted by Crippen LogP contribution is -2.37. The van der Waals surface area contributed by atoms with E-state index in [9.17, 15) is 9.59 Å². The number of hydrogen-bond donors (Lipinski definition) is 0. The second-order valence-corrected chi connectivity index (χ2v) is 8.45. The molecule has 0 N–H and O–H groups in total. The molecule has 0 spiro atoms. The van der Waals surface area contributed by atoms with Gasteiger partial charge in [0, 0.05) is 13.1 Å². The van der Waals surface area contributed by atoms with E-state index in [1.54, 1.807) is 23.0 Å². The Balaban J connectivity index is 1.39. The van der Waals surface area contributed by atoms with Gasteiger partial charge in [0.25, 0.3) is 5.56 Å². The number of fused-ring (bicyclic) bond motifs is 2. The molecule has 6 nitrogen and oxygen atoms in total. The lowest BCUT2D eigenvalue weighted by molar-refractivity contribution is -0.129. The molecular formula is C24H21N3O3S. The monoisotopic (exact) mass is 431 g/mol. The number of aromatic nitrogens is 2. The number of thioether (sulfide) groups is 1. The highest BCUT2D eigenvalue weighted by Gasteiger charge is 2.21. The van der Waals surface area contributed by atoms with Crippen LogP contribution in [0.4, 0.5) is 0 Å². The van der Waals surface area contributed by atoms with Crippen molar-refractivity contribution in [2.24, 2.45) is 0 Å². The molecule has 156 valence electrons. The molecule has 0 atom stereocenters. The molecule has 31 heavy (non-hydrogen) atoms. The number of rotatable bonds is 5. The van der Waals surface area contributed by atoms with Crippen molar-refractivity contribution in [3.63, 3.8) is 0 Å². The number of benzene rings is 2. The Kier molecular flexibility index (Phi) is 5.34. The summed E-state index contributed by atoms with van der Waals surface area (Å²) in [5, 5.41) is 1.07. The Morgan fingerprint density at radius 1 is 1.03 bits per heavy atom. The number of carbonyl (C=O) groups is 1. The first-order valence-electron chi connectivity index (χ1n) is 10.2. The number of amides is 1. The van der Waals surface area contributed by atoms with Gasteiger partial charge in [-0.3, -0.25) is 14.2 Å². The molecule has 5 rings (SSSR count). The molecule has 0 radical (unpaired) electrons. The van der Waals surface area contributed by atoms with Crippen LogP contribution in [0.25, 0.3) is 10.9 Å². The Morgan fingerprint density at radius 2 is 1.84 bits per heavy atom. The maximum Gasteiger partial charge on any atom is 0.262 e. The van der Waals surface area contributed by atoms with Crippen LogP contribution in [0.3, 0.4) is 0 Å². The molecule has 4 aromatic rings. The van der Waals surface area contributed by atoms with Crippen molar-refractivity contribution in [3.05, 3.63) is 94.2 Å². The molecule has 0 bridgehead atoms. The minimum atomic E-state index is -0.135. The third-order valence-electron chi connectivity index (χ3n) is 5.53. The highest BCUT2D eigenvalue weighted by atomic mass is 32.2. The van der Waals surface area contributed by atoms with E-state index in [-0.39, 0.29) is 23.8 Å². The number of furan rings is 1. The highest BCUT2D eigenvalue weighted by Crippen LogP contribution is 2.22. The van der Waals surface area contributed by atoms with E-state index in [0.717, 1.165) is 6.42 Å². The summed E-state index contributed by atoms with van der Waals surface area (Å²) in [5.41, 5.74) is 3.00. The minimum absolute atomic E-state index is 0.0476. The van der Waals surface area contributed by atoms with Crippen LogP contribution in [0, 0.1) is 0 Å². The van der Waals surface area contributed by atoms with Gasteiger partial charge in [-0.15, -0.1) is 0 Å². The molecule has 7 heteroatoms. The van der Waals surface area contributed by atoms with Crippen molar-refractivity contribution in [3.8, 4) is 0 Å². The normalized spacial score (nSPS) is 13.4. The van der Waals surface area contributed by atoms with Gasteiger partial charge >= 0.3 is 0 Å². The smallest absolute Gasteiger partial charge is 0.262 e. The second-order valence-electron chi connectivity index (χ2n) is 7.50. The standard InChI is InChI=1S/C24H21N3O3S/c28-22(26-12-11-17-6-1-2-7-18(17)14-26)16-31-24-25-21-10-4-3-9-20(21)23(29)27(24)15-19-8-5-13-30-19/h1-10,13H,11-12,14-16H2. The third-order valence-corrected chi connectivity index (χ3v) is 6.49. The SMILES string of the molecule is O=C(CSc1nc2ccccc2c(=O)n1Cc1ccco1)N1CCc2ccccc2C1. The summed E-state index contributed by atoms with van der Waals surface area (Å²) in [6, 6.07) is 19.1. The summed E-state index contributed by atoms with van der Waals surface area (Å²) in [5.74, 6) is 0.942. The van der Waals surface area contributed by atoms with Gasteiger partial charge < -0.3 is 9.32 Å². The zero-order valence-electron chi connectivity index (χ0n) is 16.9. The van der Waals surface area contributed by atoms with Gasteiger partial charge in [0.05, 0.1) is 29.5 Å². The zero-order valence-corrected chi connectivity index (χ0v) is 17.7. The molecule has 0 saturated heterocycles. The predicted octanol–water partition coefficient (Wildman–Crippen LogP) is 3.71. The van der Waals surface area contributed by atoms with Crippen LogP contribution >= 0.6 is 11.8 Å². The molecular weight excluding hydrogens is 410 g/mol. The van der Waals surface area contributed by atoms with E-state index >= 15 is 0 Å². The van der Waals surface area contributed by atoms with E-state index in [2.05, 4.69) is 17.1 Å². The van der Waals surface area contributed by atoms with Gasteiger partial charge in [-0.25, -0.2) is 4.98 Å². The first kappa shape index (κ1) is 19.6. The topological polar surface area (TPSA) is 68.3 Å². The van der Waals surface area contributed by atoms with Crippen molar-refractivity contribution in [1.29, 1.82) is 0 Å². The van der Waals surface area contributed by atoms with Crippen LogP contribution in [0.1, 0.15) is 16.9 Å². The van der Waals surface area contributed by atoms with Crippen molar-refractivity contribution in [2.45, 2.75) is 24.7 Å². The number of hydrogen-bond acceptors (Lipinski definition) is 5. The number of para-hydroxylation sites is 1. The van der Waals surface area contributed by atoms with E-state index in [4.69, 9.17) is 4.42 Å².